The molecule has 7 nitrogen and oxygen atoms in total. The van der Waals surface area contributed by atoms with Crippen LogP contribution in [0.15, 0.2) is 60.9 Å². The average Bonchev–Trinajstić information content (AvgIpc) is 2.80. The maximum Gasteiger partial charge on any atom is 0.260 e. The lowest BCUT2D eigenvalue weighted by Gasteiger charge is -2.40. The Bertz CT molecular complexity index is 1090. The van der Waals surface area contributed by atoms with E-state index in [4.69, 9.17) is 21.1 Å². The summed E-state index contributed by atoms with van der Waals surface area (Å²) in [5.41, 5.74) is 0. The smallest absolute Gasteiger partial charge is 0.260 e. The molecule has 1 fully saturated rings. The lowest BCUT2D eigenvalue weighted by molar-refractivity contribution is -0.135. The Hall–Kier alpha value is -3.39. The van der Waals surface area contributed by atoms with Crippen molar-refractivity contribution >= 4 is 23.3 Å². The summed E-state index contributed by atoms with van der Waals surface area (Å²) in [6.45, 7) is 3.74. The summed E-state index contributed by atoms with van der Waals surface area (Å²) in [5.74, 6) is 1.44. The molecule has 0 N–H and O–H groups in total. The molecule has 1 aromatic heterocycles. The van der Waals surface area contributed by atoms with E-state index in [-0.39, 0.29) is 23.6 Å². The molecule has 1 saturated heterocycles. The van der Waals surface area contributed by atoms with Crippen molar-refractivity contribution in [3.8, 4) is 17.4 Å². The normalized spacial score (nSPS) is 16.0. The molecule has 2 aromatic carbocycles. The molecular weight excluding hydrogens is 435 g/mol. The van der Waals surface area contributed by atoms with Crippen LogP contribution in [0.5, 0.6) is 17.4 Å². The number of ether oxygens (including phenoxy) is 2. The summed E-state index contributed by atoms with van der Waals surface area (Å²) < 4.78 is 24.5. The molecule has 0 aliphatic carbocycles. The van der Waals surface area contributed by atoms with Crippen molar-refractivity contribution in [2.45, 2.75) is 13.0 Å². The number of hydrogen-bond donors (Lipinski definition) is 0. The number of anilines is 1. The fourth-order valence-corrected chi connectivity index (χ4v) is 3.72. The molecule has 1 unspecified atom stereocenters. The van der Waals surface area contributed by atoms with E-state index < -0.39 is 5.82 Å². The highest BCUT2D eigenvalue weighted by Gasteiger charge is 2.28. The van der Waals surface area contributed by atoms with Crippen LogP contribution in [-0.2, 0) is 4.79 Å². The fourth-order valence-electron chi connectivity index (χ4n) is 3.51. The Morgan fingerprint density at radius 3 is 2.72 bits per heavy atom. The van der Waals surface area contributed by atoms with E-state index in [1.807, 2.05) is 42.2 Å². The summed E-state index contributed by atoms with van der Waals surface area (Å²) >= 11 is 6.03. The Labute approximate surface area is 190 Å². The molecule has 0 spiro atoms. The number of halogens is 2. The summed E-state index contributed by atoms with van der Waals surface area (Å²) in [5, 5.41) is 0.156. The van der Waals surface area contributed by atoms with Crippen LogP contribution in [0.1, 0.15) is 6.92 Å². The molecule has 1 aliphatic heterocycles. The van der Waals surface area contributed by atoms with Gasteiger partial charge in [0.2, 0.25) is 5.88 Å². The van der Waals surface area contributed by atoms with E-state index in [2.05, 4.69) is 14.9 Å². The monoisotopic (exact) mass is 456 g/mol. The minimum atomic E-state index is -0.443. The zero-order chi connectivity index (χ0) is 22.5. The highest BCUT2D eigenvalue weighted by atomic mass is 35.5. The predicted octanol–water partition coefficient (Wildman–Crippen LogP) is 4.18. The van der Waals surface area contributed by atoms with Crippen LogP contribution in [0.3, 0.4) is 0 Å². The molecule has 1 aliphatic rings. The van der Waals surface area contributed by atoms with E-state index in [9.17, 15) is 9.18 Å². The highest BCUT2D eigenvalue weighted by molar-refractivity contribution is 6.32. The summed E-state index contributed by atoms with van der Waals surface area (Å²) in [7, 11) is 0. The third-order valence-corrected chi connectivity index (χ3v) is 5.41. The van der Waals surface area contributed by atoms with Gasteiger partial charge in [-0.1, -0.05) is 29.8 Å². The second kappa shape index (κ2) is 9.82. The molecule has 1 amide bonds. The zero-order valence-electron chi connectivity index (χ0n) is 17.4. The van der Waals surface area contributed by atoms with E-state index in [0.717, 1.165) is 0 Å². The molecule has 166 valence electrons. The predicted molar refractivity (Wildman–Crippen MR) is 119 cm³/mol. The number of rotatable bonds is 6. The first kappa shape index (κ1) is 21.8. The number of para-hydroxylation sites is 1. The molecule has 3 aromatic rings. The standard InChI is InChI=1S/C23H22ClFN4O3/c1-16-13-28(9-10-29(16)23(30)14-31-18-5-3-2-4-6-18)21-12-22(27-15-26-21)32-20-8-7-17(25)11-19(20)24/h2-8,11-12,15-16H,9-10,13-14H2,1H3. The lowest BCUT2D eigenvalue weighted by atomic mass is 10.2. The van der Waals surface area contributed by atoms with Crippen molar-refractivity contribution in [2.24, 2.45) is 0 Å². The topological polar surface area (TPSA) is 67.8 Å². The van der Waals surface area contributed by atoms with Gasteiger partial charge in [0.05, 0.1) is 5.02 Å². The van der Waals surface area contributed by atoms with Gasteiger partial charge in [0.1, 0.15) is 29.5 Å². The Morgan fingerprint density at radius 2 is 1.97 bits per heavy atom. The Balaban J connectivity index is 1.36. The largest absolute Gasteiger partial charge is 0.484 e. The number of hydrogen-bond acceptors (Lipinski definition) is 6. The minimum absolute atomic E-state index is 0.00171. The number of nitrogens with zero attached hydrogens (tertiary/aromatic N) is 4. The number of benzene rings is 2. The van der Waals surface area contributed by atoms with Crippen LogP contribution in [0.4, 0.5) is 10.2 Å². The molecule has 0 saturated carbocycles. The minimum Gasteiger partial charge on any atom is -0.484 e. The molecule has 1 atom stereocenters. The average molecular weight is 457 g/mol. The molecular formula is C23H22ClFN4O3. The van der Waals surface area contributed by atoms with E-state index >= 15 is 0 Å². The quantitative estimate of drug-likeness (QED) is 0.554. The van der Waals surface area contributed by atoms with E-state index in [1.165, 1.54) is 24.5 Å². The highest BCUT2D eigenvalue weighted by Crippen LogP contribution is 2.30. The van der Waals surface area contributed by atoms with Gasteiger partial charge in [-0.05, 0) is 37.3 Å². The van der Waals surface area contributed by atoms with Crippen LogP contribution in [0, 0.1) is 5.82 Å². The van der Waals surface area contributed by atoms with Crippen LogP contribution in [0.25, 0.3) is 0 Å². The van der Waals surface area contributed by atoms with Gasteiger partial charge in [-0.15, -0.1) is 0 Å². The van der Waals surface area contributed by atoms with Crippen molar-refractivity contribution in [3.63, 3.8) is 0 Å². The van der Waals surface area contributed by atoms with Crippen molar-refractivity contribution in [3.05, 3.63) is 71.8 Å². The van der Waals surface area contributed by atoms with Gasteiger partial charge in [-0.2, -0.15) is 0 Å². The molecule has 0 bridgehead atoms. The number of carbonyl (C=O) groups excluding carboxylic acids is 1. The maximum atomic E-state index is 13.2. The summed E-state index contributed by atoms with van der Waals surface area (Å²) in [6, 6.07) is 14.8. The van der Waals surface area contributed by atoms with Crippen molar-refractivity contribution in [2.75, 3.05) is 31.1 Å². The van der Waals surface area contributed by atoms with E-state index in [1.54, 1.807) is 6.07 Å². The molecule has 9 heteroatoms. The molecule has 4 rings (SSSR count). The summed E-state index contributed by atoms with van der Waals surface area (Å²) in [6.07, 6.45) is 1.40. The number of piperazine rings is 1. The van der Waals surface area contributed by atoms with Gasteiger partial charge in [0.15, 0.2) is 6.61 Å². The van der Waals surface area contributed by atoms with Crippen LogP contribution < -0.4 is 14.4 Å². The first-order chi connectivity index (χ1) is 15.5. The molecule has 2 heterocycles. The van der Waals surface area contributed by atoms with Gasteiger partial charge in [0, 0.05) is 31.7 Å². The van der Waals surface area contributed by atoms with Crippen LogP contribution in [-0.4, -0.2) is 53.1 Å². The Kier molecular flexibility index (Phi) is 6.70. The first-order valence-electron chi connectivity index (χ1n) is 10.2. The van der Waals surface area contributed by atoms with Crippen molar-refractivity contribution in [1.82, 2.24) is 14.9 Å². The number of amides is 1. The van der Waals surface area contributed by atoms with Crippen molar-refractivity contribution in [1.29, 1.82) is 0 Å². The van der Waals surface area contributed by atoms with Gasteiger partial charge in [0.25, 0.3) is 5.91 Å². The number of aromatic nitrogens is 2. The van der Waals surface area contributed by atoms with Crippen molar-refractivity contribution < 1.29 is 18.7 Å². The van der Waals surface area contributed by atoms with Gasteiger partial charge < -0.3 is 19.3 Å². The maximum absolute atomic E-state index is 13.2. The number of carbonyl (C=O) groups is 1. The zero-order valence-corrected chi connectivity index (χ0v) is 18.2. The third-order valence-electron chi connectivity index (χ3n) is 5.11. The van der Waals surface area contributed by atoms with Gasteiger partial charge in [-0.3, -0.25) is 4.79 Å². The second-order valence-corrected chi connectivity index (χ2v) is 7.78. The van der Waals surface area contributed by atoms with Crippen LogP contribution in [0.2, 0.25) is 5.02 Å². The summed E-state index contributed by atoms with van der Waals surface area (Å²) in [4.78, 5) is 25.0. The van der Waals surface area contributed by atoms with Gasteiger partial charge >= 0.3 is 0 Å². The molecule has 0 radical (unpaired) electrons. The van der Waals surface area contributed by atoms with E-state index in [0.29, 0.717) is 42.8 Å². The molecule has 32 heavy (non-hydrogen) atoms. The SMILES string of the molecule is CC1CN(c2cc(Oc3ccc(F)cc3Cl)ncn2)CCN1C(=O)COc1ccccc1. The second-order valence-electron chi connectivity index (χ2n) is 7.38. The van der Waals surface area contributed by atoms with Crippen LogP contribution >= 0.6 is 11.6 Å². The first-order valence-corrected chi connectivity index (χ1v) is 10.5. The lowest BCUT2D eigenvalue weighted by Crippen LogP contribution is -2.55. The van der Waals surface area contributed by atoms with Gasteiger partial charge in [-0.25, -0.2) is 14.4 Å². The Morgan fingerprint density at radius 1 is 1.16 bits per heavy atom. The third kappa shape index (κ3) is 5.26. The fraction of sp³-hybridized carbons (Fsp3) is 0.261.